The van der Waals surface area contributed by atoms with Crippen LogP contribution in [0.5, 0.6) is 0 Å². The number of benzene rings is 1. The molecule has 0 radical (unpaired) electrons. The molecule has 0 aliphatic heterocycles. The number of fused-ring (bicyclic) bond motifs is 1. The number of rotatable bonds is 6. The molecule has 6 nitrogen and oxygen atoms in total. The molecule has 0 spiro atoms. The van der Waals surface area contributed by atoms with Gasteiger partial charge in [0.15, 0.2) is 0 Å². The molecule has 7 heteroatoms. The van der Waals surface area contributed by atoms with E-state index in [4.69, 9.17) is 10.1 Å². The predicted molar refractivity (Wildman–Crippen MR) is 132 cm³/mol. The molecule has 2 aliphatic rings. The van der Waals surface area contributed by atoms with Crippen molar-refractivity contribution in [3.8, 4) is 22.5 Å². The Bertz CT molecular complexity index is 1270. The predicted octanol–water partition coefficient (Wildman–Crippen LogP) is 6.15. The van der Waals surface area contributed by atoms with Crippen LogP contribution in [0.4, 0.5) is 11.8 Å². The topological polar surface area (TPSA) is 67.1 Å². The van der Waals surface area contributed by atoms with Crippen molar-refractivity contribution in [2.45, 2.75) is 50.6 Å². The van der Waals surface area contributed by atoms with Crippen LogP contribution >= 0.6 is 15.9 Å². The third kappa shape index (κ3) is 3.86. The Labute approximate surface area is 195 Å². The maximum Gasteiger partial charge on any atom is 0.223 e. The number of nitrogens with zero attached hydrogens (tertiary/aromatic N) is 4. The first-order valence-corrected chi connectivity index (χ1v) is 12.2. The summed E-state index contributed by atoms with van der Waals surface area (Å²) in [5.41, 5.74) is 4.92. The molecule has 162 valence electrons. The van der Waals surface area contributed by atoms with Crippen molar-refractivity contribution in [1.29, 1.82) is 0 Å². The monoisotopic (exact) mass is 488 g/mol. The number of aromatic nitrogens is 4. The van der Waals surface area contributed by atoms with E-state index in [0.29, 0.717) is 18.0 Å². The molecule has 3 aromatic heterocycles. The zero-order valence-electron chi connectivity index (χ0n) is 17.8. The summed E-state index contributed by atoms with van der Waals surface area (Å²) in [5.74, 6) is 1.71. The van der Waals surface area contributed by atoms with Crippen LogP contribution in [0.3, 0.4) is 0 Å². The lowest BCUT2D eigenvalue weighted by Crippen LogP contribution is -2.16. The molecule has 6 rings (SSSR count). The summed E-state index contributed by atoms with van der Waals surface area (Å²) in [6, 6.07) is 17.6. The van der Waals surface area contributed by atoms with Crippen LogP contribution in [-0.4, -0.2) is 31.7 Å². The van der Waals surface area contributed by atoms with E-state index >= 15 is 0 Å². The minimum absolute atomic E-state index is 0.466. The Balaban J connectivity index is 1.50. The normalized spacial score (nSPS) is 16.5. The van der Waals surface area contributed by atoms with Gasteiger partial charge < -0.3 is 10.6 Å². The zero-order chi connectivity index (χ0) is 21.5. The van der Waals surface area contributed by atoms with Gasteiger partial charge in [0.05, 0.1) is 16.8 Å². The van der Waals surface area contributed by atoms with Crippen LogP contribution < -0.4 is 10.6 Å². The quantitative estimate of drug-likeness (QED) is 0.340. The van der Waals surface area contributed by atoms with Crippen LogP contribution in [0, 0.1) is 0 Å². The van der Waals surface area contributed by atoms with Gasteiger partial charge in [0, 0.05) is 28.3 Å². The van der Waals surface area contributed by atoms with Crippen molar-refractivity contribution < 1.29 is 0 Å². The molecule has 32 heavy (non-hydrogen) atoms. The molecule has 3 heterocycles. The summed E-state index contributed by atoms with van der Waals surface area (Å²) in [4.78, 5) is 9.44. The molecule has 0 amide bonds. The van der Waals surface area contributed by atoms with Gasteiger partial charge in [-0.1, -0.05) is 47.0 Å². The number of hydrogen-bond donors (Lipinski definition) is 2. The third-order valence-electron chi connectivity index (χ3n) is 6.29. The highest BCUT2D eigenvalue weighted by Gasteiger charge is 2.24. The molecule has 0 saturated heterocycles. The first-order chi connectivity index (χ1) is 15.7. The van der Waals surface area contributed by atoms with Crippen LogP contribution in [-0.2, 0) is 0 Å². The lowest BCUT2D eigenvalue weighted by molar-refractivity contribution is 0.744. The standard InChI is InChI=1S/C25H25BrN6/c26-17-6-3-5-16(15-17)24-23(20-13-14-27-25(30-20)29-18-7-1-2-8-18)21-9-4-10-22(32(21)31-24)28-19-11-12-19/h3-6,9-10,13-15,18-19,28H,1-2,7-8,11-12H2,(H,27,29,30). The fraction of sp³-hybridized carbons (Fsp3) is 0.320. The minimum Gasteiger partial charge on any atom is -0.367 e. The number of hydrogen-bond acceptors (Lipinski definition) is 5. The summed E-state index contributed by atoms with van der Waals surface area (Å²) in [6.07, 6.45) is 9.19. The molecule has 2 fully saturated rings. The first-order valence-electron chi connectivity index (χ1n) is 11.4. The maximum absolute atomic E-state index is 5.07. The minimum atomic E-state index is 0.466. The average molecular weight is 489 g/mol. The van der Waals surface area contributed by atoms with E-state index in [1.54, 1.807) is 0 Å². The second kappa shape index (κ2) is 8.20. The molecular formula is C25H25BrN6. The Morgan fingerprint density at radius 1 is 0.906 bits per heavy atom. The Morgan fingerprint density at radius 2 is 1.72 bits per heavy atom. The first kappa shape index (κ1) is 19.7. The number of nitrogens with one attached hydrogen (secondary N) is 2. The van der Waals surface area contributed by atoms with Crippen molar-refractivity contribution in [1.82, 2.24) is 19.6 Å². The zero-order valence-corrected chi connectivity index (χ0v) is 19.3. The maximum atomic E-state index is 5.07. The van der Waals surface area contributed by atoms with Crippen molar-refractivity contribution in [3.63, 3.8) is 0 Å². The van der Waals surface area contributed by atoms with Gasteiger partial charge in [0.25, 0.3) is 0 Å². The lowest BCUT2D eigenvalue weighted by atomic mass is 10.0. The van der Waals surface area contributed by atoms with Gasteiger partial charge in [-0.15, -0.1) is 0 Å². The molecule has 2 N–H and O–H groups in total. The molecule has 2 saturated carbocycles. The average Bonchev–Trinajstić information content (AvgIpc) is 3.30. The van der Waals surface area contributed by atoms with Crippen LogP contribution in [0.25, 0.3) is 28.0 Å². The van der Waals surface area contributed by atoms with E-state index in [9.17, 15) is 0 Å². The van der Waals surface area contributed by atoms with Gasteiger partial charge in [0.1, 0.15) is 11.5 Å². The van der Waals surface area contributed by atoms with Crippen LogP contribution in [0.1, 0.15) is 38.5 Å². The number of anilines is 2. The Hall–Kier alpha value is -2.93. The van der Waals surface area contributed by atoms with E-state index in [2.05, 4.69) is 61.9 Å². The molecule has 4 aromatic rings. The Kier molecular flexibility index (Phi) is 5.06. The van der Waals surface area contributed by atoms with E-state index in [1.807, 2.05) is 28.9 Å². The summed E-state index contributed by atoms with van der Waals surface area (Å²) in [7, 11) is 0. The second-order valence-corrected chi connectivity index (χ2v) is 9.67. The molecular weight excluding hydrogens is 464 g/mol. The smallest absolute Gasteiger partial charge is 0.223 e. The van der Waals surface area contributed by atoms with Crippen molar-refractivity contribution in [2.75, 3.05) is 10.6 Å². The van der Waals surface area contributed by atoms with E-state index in [0.717, 1.165) is 38.3 Å². The fourth-order valence-electron chi connectivity index (χ4n) is 4.53. The molecule has 2 aliphatic carbocycles. The van der Waals surface area contributed by atoms with Gasteiger partial charge in [0.2, 0.25) is 5.95 Å². The van der Waals surface area contributed by atoms with Crippen molar-refractivity contribution >= 4 is 33.2 Å². The largest absolute Gasteiger partial charge is 0.367 e. The summed E-state index contributed by atoms with van der Waals surface area (Å²) < 4.78 is 3.05. The molecule has 0 unspecified atom stereocenters. The molecule has 0 atom stereocenters. The summed E-state index contributed by atoms with van der Waals surface area (Å²) in [6.45, 7) is 0. The van der Waals surface area contributed by atoms with E-state index < -0.39 is 0 Å². The van der Waals surface area contributed by atoms with E-state index in [1.165, 1.54) is 38.5 Å². The van der Waals surface area contributed by atoms with Gasteiger partial charge in [-0.05, 0) is 56.0 Å². The van der Waals surface area contributed by atoms with Gasteiger partial charge in [-0.25, -0.2) is 14.5 Å². The third-order valence-corrected chi connectivity index (χ3v) is 6.78. The highest BCUT2D eigenvalue weighted by atomic mass is 79.9. The van der Waals surface area contributed by atoms with E-state index in [-0.39, 0.29) is 0 Å². The van der Waals surface area contributed by atoms with Gasteiger partial charge in [-0.2, -0.15) is 5.10 Å². The summed E-state index contributed by atoms with van der Waals surface area (Å²) in [5, 5.41) is 12.2. The van der Waals surface area contributed by atoms with Gasteiger partial charge in [-0.3, -0.25) is 0 Å². The van der Waals surface area contributed by atoms with Crippen LogP contribution in [0.15, 0.2) is 59.2 Å². The summed E-state index contributed by atoms with van der Waals surface area (Å²) >= 11 is 3.62. The van der Waals surface area contributed by atoms with Crippen molar-refractivity contribution in [3.05, 3.63) is 59.2 Å². The van der Waals surface area contributed by atoms with Crippen molar-refractivity contribution in [2.24, 2.45) is 0 Å². The SMILES string of the molecule is Brc1cccc(-c2nn3c(NC4CC4)cccc3c2-c2ccnc(NC3CCCC3)n2)c1. The highest BCUT2D eigenvalue weighted by Crippen LogP contribution is 2.37. The number of halogens is 1. The molecule has 1 aromatic carbocycles. The molecule has 0 bridgehead atoms. The van der Waals surface area contributed by atoms with Crippen LogP contribution in [0.2, 0.25) is 0 Å². The highest BCUT2D eigenvalue weighted by molar-refractivity contribution is 9.10. The fourth-order valence-corrected chi connectivity index (χ4v) is 4.93. The lowest BCUT2D eigenvalue weighted by Gasteiger charge is -2.12. The number of pyridine rings is 1. The second-order valence-electron chi connectivity index (χ2n) is 8.75. The Morgan fingerprint density at radius 3 is 2.53 bits per heavy atom. The van der Waals surface area contributed by atoms with Gasteiger partial charge >= 0.3 is 0 Å².